The van der Waals surface area contributed by atoms with E-state index >= 15 is 0 Å². The van der Waals surface area contributed by atoms with Gasteiger partial charge in [0.2, 0.25) is 0 Å². The van der Waals surface area contributed by atoms with Crippen LogP contribution in [-0.4, -0.2) is 18.7 Å². The Morgan fingerprint density at radius 1 is 1.18 bits per heavy atom. The zero-order chi connectivity index (χ0) is 12.1. The van der Waals surface area contributed by atoms with Gasteiger partial charge in [-0.2, -0.15) is 0 Å². The van der Waals surface area contributed by atoms with Crippen molar-refractivity contribution in [3.63, 3.8) is 0 Å². The Morgan fingerprint density at radius 3 is 2.53 bits per heavy atom. The van der Waals surface area contributed by atoms with Crippen molar-refractivity contribution in [1.29, 1.82) is 0 Å². The van der Waals surface area contributed by atoms with E-state index < -0.39 is 0 Å². The number of aromatic nitrogens is 1. The topological polar surface area (TPSA) is 22.1 Å². The number of rotatable bonds is 4. The predicted molar refractivity (Wildman–Crippen MR) is 72.1 cm³/mol. The Labute approximate surface area is 110 Å². The molecule has 2 aromatic rings. The van der Waals surface area contributed by atoms with E-state index in [4.69, 9.17) is 4.74 Å². The molecule has 0 bridgehead atoms. The van der Waals surface area contributed by atoms with Crippen molar-refractivity contribution in [2.24, 2.45) is 0 Å². The molecule has 3 heteroatoms. The summed E-state index contributed by atoms with van der Waals surface area (Å²) in [6.45, 7) is 0.638. The van der Waals surface area contributed by atoms with E-state index in [2.05, 4.69) is 33.0 Å². The molecule has 0 aliphatic heterocycles. The Balaban J connectivity index is 2.32. The predicted octanol–water partition coefficient (Wildman–Crippen LogP) is 3.62. The second-order valence-corrected chi connectivity index (χ2v) is 4.73. The highest BCUT2D eigenvalue weighted by atomic mass is 79.9. The van der Waals surface area contributed by atoms with Crippen molar-refractivity contribution in [1.82, 2.24) is 4.98 Å². The first-order valence-corrected chi connectivity index (χ1v) is 6.26. The Kier molecular flexibility index (Phi) is 4.29. The van der Waals surface area contributed by atoms with Gasteiger partial charge in [-0.3, -0.25) is 4.98 Å². The number of ether oxygens (including phenoxy) is 1. The van der Waals surface area contributed by atoms with Gasteiger partial charge >= 0.3 is 0 Å². The van der Waals surface area contributed by atoms with E-state index in [0.717, 1.165) is 10.2 Å². The van der Waals surface area contributed by atoms with Crippen LogP contribution in [0.1, 0.15) is 17.2 Å². The molecule has 2 nitrogen and oxygen atoms in total. The number of hydrogen-bond acceptors (Lipinski definition) is 2. The molecule has 1 unspecified atom stereocenters. The van der Waals surface area contributed by atoms with Crippen LogP contribution in [0.4, 0.5) is 0 Å². The first-order valence-electron chi connectivity index (χ1n) is 5.46. The zero-order valence-corrected chi connectivity index (χ0v) is 11.2. The SMILES string of the molecule is COCC(c1ccc(Br)cc1)c1ccccn1. The van der Waals surface area contributed by atoms with Crippen molar-refractivity contribution in [3.05, 3.63) is 64.4 Å². The summed E-state index contributed by atoms with van der Waals surface area (Å²) in [5.74, 6) is 0.189. The minimum Gasteiger partial charge on any atom is -0.384 e. The summed E-state index contributed by atoms with van der Waals surface area (Å²) >= 11 is 3.44. The minimum atomic E-state index is 0.189. The largest absolute Gasteiger partial charge is 0.384 e. The molecular formula is C14H14BrNO. The molecule has 0 amide bonds. The van der Waals surface area contributed by atoms with E-state index in [0.29, 0.717) is 6.61 Å². The van der Waals surface area contributed by atoms with Crippen LogP contribution in [0.5, 0.6) is 0 Å². The smallest absolute Gasteiger partial charge is 0.0586 e. The molecule has 0 N–H and O–H groups in total. The van der Waals surface area contributed by atoms with Crippen LogP contribution in [0.2, 0.25) is 0 Å². The number of nitrogens with zero attached hydrogens (tertiary/aromatic N) is 1. The lowest BCUT2D eigenvalue weighted by Gasteiger charge is -2.16. The molecule has 0 spiro atoms. The maximum atomic E-state index is 5.29. The van der Waals surface area contributed by atoms with Gasteiger partial charge in [-0.05, 0) is 29.8 Å². The quantitative estimate of drug-likeness (QED) is 0.858. The van der Waals surface area contributed by atoms with Gasteiger partial charge in [0.15, 0.2) is 0 Å². The summed E-state index contributed by atoms with van der Waals surface area (Å²) in [5.41, 5.74) is 2.26. The maximum Gasteiger partial charge on any atom is 0.0586 e. The molecule has 0 aliphatic rings. The number of benzene rings is 1. The third kappa shape index (κ3) is 3.14. The second kappa shape index (κ2) is 5.94. The lowest BCUT2D eigenvalue weighted by Crippen LogP contribution is -2.09. The average Bonchev–Trinajstić information content (AvgIpc) is 2.38. The Morgan fingerprint density at radius 2 is 1.94 bits per heavy atom. The number of pyridine rings is 1. The highest BCUT2D eigenvalue weighted by molar-refractivity contribution is 9.10. The number of hydrogen-bond donors (Lipinski definition) is 0. The highest BCUT2D eigenvalue weighted by Gasteiger charge is 2.14. The molecule has 0 saturated heterocycles. The van der Waals surface area contributed by atoms with Gasteiger partial charge in [-0.1, -0.05) is 34.1 Å². The van der Waals surface area contributed by atoms with Crippen molar-refractivity contribution in [2.75, 3.05) is 13.7 Å². The fourth-order valence-corrected chi connectivity index (χ4v) is 2.06. The van der Waals surface area contributed by atoms with E-state index in [1.165, 1.54) is 5.56 Å². The molecule has 0 radical (unpaired) electrons. The van der Waals surface area contributed by atoms with Crippen LogP contribution in [-0.2, 0) is 4.74 Å². The highest BCUT2D eigenvalue weighted by Crippen LogP contribution is 2.24. The van der Waals surface area contributed by atoms with Crippen LogP contribution >= 0.6 is 15.9 Å². The summed E-state index contributed by atoms with van der Waals surface area (Å²) in [6, 6.07) is 14.2. The second-order valence-electron chi connectivity index (χ2n) is 3.81. The lowest BCUT2D eigenvalue weighted by molar-refractivity contribution is 0.188. The molecule has 0 saturated carbocycles. The van der Waals surface area contributed by atoms with Gasteiger partial charge < -0.3 is 4.74 Å². The summed E-state index contributed by atoms with van der Waals surface area (Å²) in [6.07, 6.45) is 1.82. The van der Waals surface area contributed by atoms with Crippen LogP contribution in [0.3, 0.4) is 0 Å². The number of halogens is 1. The molecule has 1 aromatic carbocycles. The van der Waals surface area contributed by atoms with Crippen LogP contribution < -0.4 is 0 Å². The van der Waals surface area contributed by atoms with E-state index in [1.807, 2.05) is 36.5 Å². The van der Waals surface area contributed by atoms with Gasteiger partial charge in [0.05, 0.1) is 12.3 Å². The summed E-state index contributed by atoms with van der Waals surface area (Å²) in [7, 11) is 1.72. The molecular weight excluding hydrogens is 278 g/mol. The van der Waals surface area contributed by atoms with E-state index in [1.54, 1.807) is 7.11 Å². The summed E-state index contributed by atoms with van der Waals surface area (Å²) in [4.78, 5) is 4.40. The van der Waals surface area contributed by atoms with Crippen LogP contribution in [0.15, 0.2) is 53.1 Å². The molecule has 2 rings (SSSR count). The summed E-state index contributed by atoms with van der Waals surface area (Å²) in [5, 5.41) is 0. The molecule has 17 heavy (non-hydrogen) atoms. The molecule has 1 aromatic heterocycles. The molecule has 1 atom stereocenters. The Hall–Kier alpha value is -1.19. The van der Waals surface area contributed by atoms with Gasteiger partial charge in [0.25, 0.3) is 0 Å². The van der Waals surface area contributed by atoms with Crippen molar-refractivity contribution < 1.29 is 4.74 Å². The van der Waals surface area contributed by atoms with Crippen LogP contribution in [0, 0.1) is 0 Å². The molecule has 88 valence electrons. The molecule has 1 heterocycles. The average molecular weight is 292 g/mol. The standard InChI is InChI=1S/C14H14BrNO/c1-17-10-13(14-4-2-3-9-16-14)11-5-7-12(15)8-6-11/h2-9,13H,10H2,1H3. The van der Waals surface area contributed by atoms with Crippen molar-refractivity contribution in [3.8, 4) is 0 Å². The maximum absolute atomic E-state index is 5.29. The molecule has 0 fully saturated rings. The summed E-state index contributed by atoms with van der Waals surface area (Å²) < 4.78 is 6.37. The minimum absolute atomic E-state index is 0.189. The van der Waals surface area contributed by atoms with Gasteiger partial charge in [-0.25, -0.2) is 0 Å². The molecule has 0 aliphatic carbocycles. The number of methoxy groups -OCH3 is 1. The van der Waals surface area contributed by atoms with Gasteiger partial charge in [0, 0.05) is 23.7 Å². The van der Waals surface area contributed by atoms with Gasteiger partial charge in [0.1, 0.15) is 0 Å². The fraction of sp³-hybridized carbons (Fsp3) is 0.214. The van der Waals surface area contributed by atoms with E-state index in [9.17, 15) is 0 Å². The first kappa shape index (κ1) is 12.3. The Bertz CT molecular complexity index is 455. The third-order valence-corrected chi connectivity index (χ3v) is 3.18. The monoisotopic (exact) mass is 291 g/mol. The zero-order valence-electron chi connectivity index (χ0n) is 9.64. The third-order valence-electron chi connectivity index (χ3n) is 2.65. The normalized spacial score (nSPS) is 12.4. The van der Waals surface area contributed by atoms with Crippen LogP contribution in [0.25, 0.3) is 0 Å². The van der Waals surface area contributed by atoms with Crippen molar-refractivity contribution in [2.45, 2.75) is 5.92 Å². The van der Waals surface area contributed by atoms with Gasteiger partial charge in [-0.15, -0.1) is 0 Å². The first-order chi connectivity index (χ1) is 8.31. The lowest BCUT2D eigenvalue weighted by atomic mass is 9.96. The van der Waals surface area contributed by atoms with Crippen molar-refractivity contribution >= 4 is 15.9 Å². The van der Waals surface area contributed by atoms with E-state index in [-0.39, 0.29) is 5.92 Å². The fourth-order valence-electron chi connectivity index (χ4n) is 1.80.